The Kier molecular flexibility index (Phi) is 4.23. The number of rotatable bonds is 4. The van der Waals surface area contributed by atoms with Crippen LogP contribution in [-0.4, -0.2) is 33.9 Å². The van der Waals surface area contributed by atoms with Crippen molar-refractivity contribution in [2.75, 3.05) is 13.2 Å². The highest BCUT2D eigenvalue weighted by Crippen LogP contribution is 2.33. The van der Waals surface area contributed by atoms with E-state index in [1.165, 1.54) is 6.07 Å². The van der Waals surface area contributed by atoms with Gasteiger partial charge in [-0.2, -0.15) is 0 Å². The smallest absolute Gasteiger partial charge is 0.264 e. The summed E-state index contributed by atoms with van der Waals surface area (Å²) in [4.78, 5) is 23.7. The highest BCUT2D eigenvalue weighted by molar-refractivity contribution is 5.95. The van der Waals surface area contributed by atoms with E-state index in [-0.39, 0.29) is 18.0 Å². The summed E-state index contributed by atoms with van der Waals surface area (Å²) in [5, 5.41) is 7.98. The lowest BCUT2D eigenvalue weighted by atomic mass is 10.2. The predicted octanol–water partition coefficient (Wildman–Crippen LogP) is 1.81. The monoisotopic (exact) mass is 368 g/mol. The molecule has 3 heterocycles. The molecule has 1 aliphatic rings. The number of ether oxygens (including phenoxy) is 2. The highest BCUT2D eigenvalue weighted by atomic mass is 16.6. The lowest BCUT2D eigenvalue weighted by Crippen LogP contribution is -2.23. The number of H-pyrrole nitrogens is 2. The SMILES string of the molecule is Cc1cc(C(=O)NCc2cc(=O)[nH][nH]2)c(C)n1-c1ccc2c(c1)OCCO2. The van der Waals surface area contributed by atoms with Gasteiger partial charge in [0.15, 0.2) is 11.5 Å². The Morgan fingerprint density at radius 3 is 2.63 bits per heavy atom. The van der Waals surface area contributed by atoms with Crippen molar-refractivity contribution in [1.82, 2.24) is 20.1 Å². The predicted molar refractivity (Wildman–Crippen MR) is 98.8 cm³/mol. The molecule has 140 valence electrons. The van der Waals surface area contributed by atoms with E-state index >= 15 is 0 Å². The van der Waals surface area contributed by atoms with Gasteiger partial charge < -0.3 is 24.5 Å². The molecule has 0 unspecified atom stereocenters. The second-order valence-corrected chi connectivity index (χ2v) is 6.41. The van der Waals surface area contributed by atoms with Crippen molar-refractivity contribution >= 4 is 5.91 Å². The topological polar surface area (TPSA) is 101 Å². The molecular formula is C19H20N4O4. The number of aromatic nitrogens is 3. The lowest BCUT2D eigenvalue weighted by molar-refractivity contribution is 0.0950. The second kappa shape index (κ2) is 6.71. The van der Waals surface area contributed by atoms with Gasteiger partial charge in [-0.15, -0.1) is 0 Å². The molecule has 0 bridgehead atoms. The van der Waals surface area contributed by atoms with Crippen molar-refractivity contribution in [2.45, 2.75) is 20.4 Å². The molecule has 1 amide bonds. The Morgan fingerprint density at radius 2 is 1.89 bits per heavy atom. The van der Waals surface area contributed by atoms with Gasteiger partial charge in [-0.3, -0.25) is 14.7 Å². The van der Waals surface area contributed by atoms with Crippen LogP contribution >= 0.6 is 0 Å². The first kappa shape index (κ1) is 17.0. The largest absolute Gasteiger partial charge is 0.486 e. The van der Waals surface area contributed by atoms with Crippen LogP contribution in [0.3, 0.4) is 0 Å². The fourth-order valence-corrected chi connectivity index (χ4v) is 3.30. The highest BCUT2D eigenvalue weighted by Gasteiger charge is 2.19. The molecule has 27 heavy (non-hydrogen) atoms. The maximum atomic E-state index is 12.6. The number of carbonyl (C=O) groups excluding carboxylic acids is 1. The van der Waals surface area contributed by atoms with Gasteiger partial charge in [-0.05, 0) is 32.0 Å². The van der Waals surface area contributed by atoms with Gasteiger partial charge in [-0.25, -0.2) is 0 Å². The molecule has 8 heteroatoms. The molecule has 0 fully saturated rings. The molecule has 1 aliphatic heterocycles. The van der Waals surface area contributed by atoms with Crippen LogP contribution in [0.4, 0.5) is 0 Å². The van der Waals surface area contributed by atoms with Gasteiger partial charge in [0.25, 0.3) is 11.5 Å². The summed E-state index contributed by atoms with van der Waals surface area (Å²) in [6.07, 6.45) is 0. The maximum absolute atomic E-state index is 12.6. The Balaban J connectivity index is 1.59. The van der Waals surface area contributed by atoms with E-state index in [9.17, 15) is 9.59 Å². The molecule has 0 saturated carbocycles. The summed E-state index contributed by atoms with van der Waals surface area (Å²) in [6, 6.07) is 9.01. The molecule has 3 aromatic rings. The van der Waals surface area contributed by atoms with Crippen LogP contribution in [-0.2, 0) is 6.54 Å². The van der Waals surface area contributed by atoms with Crippen molar-refractivity contribution in [3.05, 3.63) is 63.3 Å². The second-order valence-electron chi connectivity index (χ2n) is 6.41. The Hall–Kier alpha value is -3.42. The minimum atomic E-state index is -0.226. The van der Waals surface area contributed by atoms with E-state index in [1.54, 1.807) is 0 Å². The summed E-state index contributed by atoms with van der Waals surface area (Å²) in [5.74, 6) is 1.23. The van der Waals surface area contributed by atoms with E-state index < -0.39 is 0 Å². The Bertz CT molecular complexity index is 1060. The van der Waals surface area contributed by atoms with Gasteiger partial charge in [0.1, 0.15) is 13.2 Å². The first-order chi connectivity index (χ1) is 13.0. The minimum Gasteiger partial charge on any atom is -0.486 e. The fraction of sp³-hybridized carbons (Fsp3) is 0.263. The zero-order chi connectivity index (χ0) is 19.0. The first-order valence-corrected chi connectivity index (χ1v) is 8.66. The molecule has 2 aromatic heterocycles. The average Bonchev–Trinajstić information content (AvgIpc) is 3.22. The molecular weight excluding hydrogens is 348 g/mol. The molecule has 0 aliphatic carbocycles. The minimum absolute atomic E-state index is 0.200. The van der Waals surface area contributed by atoms with Crippen LogP contribution in [0.2, 0.25) is 0 Å². The summed E-state index contributed by atoms with van der Waals surface area (Å²) in [6.45, 7) is 5.16. The maximum Gasteiger partial charge on any atom is 0.264 e. The molecule has 0 saturated heterocycles. The standard InChI is InChI=1S/C19H20N4O4/c1-11-7-15(19(25)20-10-13-8-18(24)22-21-13)12(2)23(11)14-3-4-16-17(9-14)27-6-5-26-16/h3-4,7-9H,5-6,10H2,1-2H3,(H,20,25)(H2,21,22,24). The molecule has 8 nitrogen and oxygen atoms in total. The van der Waals surface area contributed by atoms with Gasteiger partial charge in [0.2, 0.25) is 0 Å². The number of hydrogen-bond acceptors (Lipinski definition) is 4. The molecule has 0 spiro atoms. The third-order valence-electron chi connectivity index (χ3n) is 4.55. The number of aromatic amines is 2. The zero-order valence-electron chi connectivity index (χ0n) is 15.1. The lowest BCUT2D eigenvalue weighted by Gasteiger charge is -2.20. The van der Waals surface area contributed by atoms with E-state index in [2.05, 4.69) is 15.5 Å². The Morgan fingerprint density at radius 1 is 1.11 bits per heavy atom. The normalized spacial score (nSPS) is 12.8. The van der Waals surface area contributed by atoms with Crippen molar-refractivity contribution in [3.63, 3.8) is 0 Å². The summed E-state index contributed by atoms with van der Waals surface area (Å²) in [5.41, 5.74) is 3.64. The van der Waals surface area contributed by atoms with Crippen LogP contribution in [0.5, 0.6) is 11.5 Å². The van der Waals surface area contributed by atoms with Gasteiger partial charge >= 0.3 is 0 Å². The van der Waals surface area contributed by atoms with E-state index in [1.807, 2.05) is 42.7 Å². The van der Waals surface area contributed by atoms with E-state index in [4.69, 9.17) is 9.47 Å². The number of nitrogens with one attached hydrogen (secondary N) is 3. The number of nitrogens with zero attached hydrogens (tertiary/aromatic N) is 1. The number of aryl methyl sites for hydroxylation is 1. The van der Waals surface area contributed by atoms with E-state index in [0.717, 1.165) is 22.8 Å². The third-order valence-corrected chi connectivity index (χ3v) is 4.55. The van der Waals surface area contributed by atoms with Crippen molar-refractivity contribution < 1.29 is 14.3 Å². The zero-order valence-corrected chi connectivity index (χ0v) is 15.1. The number of fused-ring (bicyclic) bond motifs is 1. The first-order valence-electron chi connectivity index (χ1n) is 8.66. The van der Waals surface area contributed by atoms with E-state index in [0.29, 0.717) is 30.2 Å². The van der Waals surface area contributed by atoms with Crippen LogP contribution in [0.1, 0.15) is 27.4 Å². The molecule has 0 radical (unpaired) electrons. The van der Waals surface area contributed by atoms with Crippen molar-refractivity contribution in [2.24, 2.45) is 0 Å². The fourth-order valence-electron chi connectivity index (χ4n) is 3.30. The number of amides is 1. The third kappa shape index (κ3) is 3.21. The number of hydrogen-bond donors (Lipinski definition) is 3. The average molecular weight is 368 g/mol. The van der Waals surface area contributed by atoms with Gasteiger partial charge in [0.05, 0.1) is 17.8 Å². The molecule has 4 rings (SSSR count). The molecule has 1 aromatic carbocycles. The van der Waals surface area contributed by atoms with Gasteiger partial charge in [0, 0.05) is 29.2 Å². The summed E-state index contributed by atoms with van der Waals surface area (Å²) in [7, 11) is 0. The van der Waals surface area contributed by atoms with Crippen LogP contribution < -0.4 is 20.3 Å². The Labute approximate surface area is 155 Å². The van der Waals surface area contributed by atoms with Crippen LogP contribution in [0, 0.1) is 13.8 Å². The summed E-state index contributed by atoms with van der Waals surface area (Å²) < 4.78 is 13.2. The number of benzene rings is 1. The summed E-state index contributed by atoms with van der Waals surface area (Å²) >= 11 is 0. The van der Waals surface area contributed by atoms with Crippen molar-refractivity contribution in [1.29, 1.82) is 0 Å². The van der Waals surface area contributed by atoms with Crippen LogP contribution in [0.15, 0.2) is 35.1 Å². The number of carbonyl (C=O) groups is 1. The van der Waals surface area contributed by atoms with Crippen LogP contribution in [0.25, 0.3) is 5.69 Å². The van der Waals surface area contributed by atoms with Crippen molar-refractivity contribution in [3.8, 4) is 17.2 Å². The molecule has 3 N–H and O–H groups in total. The van der Waals surface area contributed by atoms with Gasteiger partial charge in [-0.1, -0.05) is 0 Å². The quantitative estimate of drug-likeness (QED) is 0.654. The molecule has 0 atom stereocenters.